The van der Waals surface area contributed by atoms with E-state index in [0.717, 1.165) is 12.8 Å². The molecule has 0 radical (unpaired) electrons. The van der Waals surface area contributed by atoms with Gasteiger partial charge in [-0.05, 0) is 32.4 Å². The van der Waals surface area contributed by atoms with Gasteiger partial charge in [0.25, 0.3) is 0 Å². The van der Waals surface area contributed by atoms with E-state index in [-0.39, 0.29) is 0 Å². The first-order chi connectivity index (χ1) is 10.1. The normalized spacial score (nSPS) is 15.1. The predicted octanol–water partition coefficient (Wildman–Crippen LogP) is 0.243. The first-order valence-electron chi connectivity index (χ1n) is 7.02. The van der Waals surface area contributed by atoms with Crippen molar-refractivity contribution in [1.82, 2.24) is 0 Å². The first-order valence-corrected chi connectivity index (χ1v) is 8.95. The van der Waals surface area contributed by atoms with Gasteiger partial charge in [0.05, 0.1) is 0 Å². The molecule has 0 fully saturated rings. The Labute approximate surface area is 128 Å². The van der Waals surface area contributed by atoms with E-state index in [0.29, 0.717) is 32.2 Å². The molecule has 4 N–H and O–H groups in total. The standard InChI is InChI=1S/C12H30N2O6Si/c1-15-12(16-2,17-3)20-21(18-4,11-7-9-14)19-10-6-5-8-13/h5-11,13-14H2,1-4H3. The summed E-state index contributed by atoms with van der Waals surface area (Å²) in [4.78, 5) is 0. The van der Waals surface area contributed by atoms with Crippen molar-refractivity contribution in [2.24, 2.45) is 11.5 Å². The highest BCUT2D eigenvalue weighted by atomic mass is 28.4. The average Bonchev–Trinajstić information content (AvgIpc) is 2.54. The van der Waals surface area contributed by atoms with Crippen molar-refractivity contribution >= 4 is 8.80 Å². The van der Waals surface area contributed by atoms with Crippen molar-refractivity contribution in [2.75, 3.05) is 48.1 Å². The summed E-state index contributed by atoms with van der Waals surface area (Å²) in [6, 6.07) is 0.542. The highest BCUT2D eigenvalue weighted by Gasteiger charge is 2.49. The second kappa shape index (κ2) is 11.5. The summed E-state index contributed by atoms with van der Waals surface area (Å²) in [6.07, 6.45) is 0.741. The van der Waals surface area contributed by atoms with Gasteiger partial charge in [-0.25, -0.2) is 0 Å². The fraction of sp³-hybridized carbons (Fsp3) is 1.00. The second-order valence-electron chi connectivity index (χ2n) is 4.34. The van der Waals surface area contributed by atoms with Crippen molar-refractivity contribution in [3.8, 4) is 0 Å². The zero-order valence-corrected chi connectivity index (χ0v) is 14.6. The maximum atomic E-state index is 5.89. The maximum absolute atomic E-state index is 5.89. The molecule has 9 heteroatoms. The highest BCUT2D eigenvalue weighted by Crippen LogP contribution is 2.26. The molecule has 1 unspecified atom stereocenters. The predicted molar refractivity (Wildman–Crippen MR) is 80.3 cm³/mol. The lowest BCUT2D eigenvalue weighted by Crippen LogP contribution is -2.55. The van der Waals surface area contributed by atoms with Crippen LogP contribution in [0.2, 0.25) is 6.04 Å². The molecule has 0 aliphatic carbocycles. The molecule has 0 rings (SSSR count). The fourth-order valence-corrected chi connectivity index (χ4v) is 4.15. The lowest BCUT2D eigenvalue weighted by Gasteiger charge is -2.36. The lowest BCUT2D eigenvalue weighted by molar-refractivity contribution is -0.460. The summed E-state index contributed by atoms with van der Waals surface area (Å²) in [6.45, 7) is 1.61. The maximum Gasteiger partial charge on any atom is 0.506 e. The Morgan fingerprint density at radius 2 is 1.43 bits per heavy atom. The molecule has 21 heavy (non-hydrogen) atoms. The Kier molecular flexibility index (Phi) is 11.4. The summed E-state index contributed by atoms with van der Waals surface area (Å²) < 4.78 is 32.8. The van der Waals surface area contributed by atoms with Gasteiger partial charge in [-0.15, -0.1) is 0 Å². The van der Waals surface area contributed by atoms with E-state index in [1.807, 2.05) is 0 Å². The van der Waals surface area contributed by atoms with Crippen molar-refractivity contribution in [3.05, 3.63) is 0 Å². The van der Waals surface area contributed by atoms with Crippen molar-refractivity contribution in [3.63, 3.8) is 0 Å². The summed E-state index contributed by atoms with van der Waals surface area (Å²) in [5.74, 6) is 0. The zero-order chi connectivity index (χ0) is 16.2. The molecule has 8 nitrogen and oxygen atoms in total. The molecule has 128 valence electrons. The van der Waals surface area contributed by atoms with Gasteiger partial charge < -0.3 is 34.5 Å². The minimum atomic E-state index is -3.03. The third-order valence-electron chi connectivity index (χ3n) is 2.95. The first kappa shape index (κ1) is 20.9. The molecule has 0 spiro atoms. The topological polar surface area (TPSA) is 107 Å². The summed E-state index contributed by atoms with van der Waals surface area (Å²) in [5, 5.41) is 0. The van der Waals surface area contributed by atoms with Crippen LogP contribution in [-0.4, -0.2) is 63.1 Å². The van der Waals surface area contributed by atoms with Crippen LogP contribution in [0.25, 0.3) is 0 Å². The van der Waals surface area contributed by atoms with Gasteiger partial charge in [0.2, 0.25) is 0 Å². The van der Waals surface area contributed by atoms with E-state index >= 15 is 0 Å². The van der Waals surface area contributed by atoms with E-state index < -0.39 is 15.0 Å². The van der Waals surface area contributed by atoms with E-state index in [1.165, 1.54) is 28.4 Å². The molecule has 0 amide bonds. The van der Waals surface area contributed by atoms with Crippen LogP contribution in [0.3, 0.4) is 0 Å². The quantitative estimate of drug-likeness (QED) is 0.266. The number of methoxy groups -OCH3 is 3. The highest BCUT2D eigenvalue weighted by molar-refractivity contribution is 6.60. The Morgan fingerprint density at radius 1 is 0.857 bits per heavy atom. The van der Waals surface area contributed by atoms with Gasteiger partial charge in [0.1, 0.15) is 0 Å². The largest absolute Gasteiger partial charge is 0.506 e. The monoisotopic (exact) mass is 326 g/mol. The van der Waals surface area contributed by atoms with Crippen molar-refractivity contribution in [2.45, 2.75) is 31.5 Å². The van der Waals surface area contributed by atoms with Crippen LogP contribution in [-0.2, 0) is 27.5 Å². The molecule has 0 saturated carbocycles. The molecule has 0 aromatic rings. The lowest BCUT2D eigenvalue weighted by atomic mass is 10.3. The van der Waals surface area contributed by atoms with Gasteiger partial charge in [0, 0.05) is 41.1 Å². The van der Waals surface area contributed by atoms with Crippen molar-refractivity contribution < 1.29 is 27.5 Å². The number of ether oxygens (including phenoxy) is 3. The summed E-state index contributed by atoms with van der Waals surface area (Å²) in [5.41, 5.74) is 11.0. The molecule has 0 aliphatic heterocycles. The minimum Gasteiger partial charge on any atom is -0.377 e. The van der Waals surface area contributed by atoms with Crippen LogP contribution in [0.4, 0.5) is 0 Å². The second-order valence-corrected chi connectivity index (χ2v) is 7.11. The number of rotatable bonds is 14. The Morgan fingerprint density at radius 3 is 1.86 bits per heavy atom. The molecule has 0 bridgehead atoms. The van der Waals surface area contributed by atoms with Gasteiger partial charge in [-0.1, -0.05) is 0 Å². The Hall–Kier alpha value is -0.103. The van der Waals surface area contributed by atoms with Crippen LogP contribution in [0, 0.1) is 0 Å². The third-order valence-corrected chi connectivity index (χ3v) is 5.74. The molecular formula is C12H30N2O6Si. The van der Waals surface area contributed by atoms with Gasteiger partial charge in [0.15, 0.2) is 0 Å². The van der Waals surface area contributed by atoms with E-state index in [1.54, 1.807) is 0 Å². The number of unbranched alkanes of at least 4 members (excludes halogenated alkanes) is 1. The van der Waals surface area contributed by atoms with Crippen LogP contribution in [0.15, 0.2) is 0 Å². The Balaban J connectivity index is 4.89. The molecular weight excluding hydrogens is 296 g/mol. The van der Waals surface area contributed by atoms with Crippen LogP contribution >= 0.6 is 0 Å². The molecule has 0 aromatic carbocycles. The smallest absolute Gasteiger partial charge is 0.377 e. The molecule has 0 aromatic heterocycles. The van der Waals surface area contributed by atoms with Crippen LogP contribution in [0.1, 0.15) is 19.3 Å². The SMILES string of the molecule is COC(OC)(OC)O[Si](CCCN)(OC)OCCCCN. The van der Waals surface area contributed by atoms with Gasteiger partial charge in [-0.3, -0.25) is 4.43 Å². The molecule has 0 aliphatic rings. The third kappa shape index (κ3) is 7.13. The van der Waals surface area contributed by atoms with E-state index in [4.69, 9.17) is 39.0 Å². The average molecular weight is 326 g/mol. The van der Waals surface area contributed by atoms with E-state index in [2.05, 4.69) is 0 Å². The molecule has 0 heterocycles. The summed E-state index contributed by atoms with van der Waals surface area (Å²) >= 11 is 0. The number of nitrogens with two attached hydrogens (primary N) is 2. The number of hydrogen-bond donors (Lipinski definition) is 2. The van der Waals surface area contributed by atoms with Crippen LogP contribution < -0.4 is 11.5 Å². The zero-order valence-electron chi connectivity index (χ0n) is 13.6. The van der Waals surface area contributed by atoms with Gasteiger partial charge in [-0.2, -0.15) is 0 Å². The van der Waals surface area contributed by atoms with Crippen molar-refractivity contribution in [1.29, 1.82) is 0 Å². The molecule has 1 atom stereocenters. The minimum absolute atomic E-state index is 0.481. The van der Waals surface area contributed by atoms with Gasteiger partial charge >= 0.3 is 15.0 Å². The number of hydrogen-bond acceptors (Lipinski definition) is 8. The Bertz CT molecular complexity index is 250. The van der Waals surface area contributed by atoms with Crippen LogP contribution in [0.5, 0.6) is 0 Å². The fourth-order valence-electron chi connectivity index (χ4n) is 1.71. The summed E-state index contributed by atoms with van der Waals surface area (Å²) in [7, 11) is 2.75. The van der Waals surface area contributed by atoms with E-state index in [9.17, 15) is 0 Å². The molecule has 0 saturated heterocycles.